The number of methoxy groups -OCH3 is 1. The Bertz CT molecular complexity index is 975. The molecule has 0 spiro atoms. The molecule has 0 saturated carbocycles. The lowest BCUT2D eigenvalue weighted by atomic mass is 10.2. The normalized spacial score (nSPS) is 11.0. The molecule has 3 aromatic rings. The van der Waals surface area contributed by atoms with Gasteiger partial charge in [-0.05, 0) is 35.9 Å². The molecule has 3 rings (SSSR count). The van der Waals surface area contributed by atoms with Crippen LogP contribution in [0, 0.1) is 0 Å². The average molecular weight is 439 g/mol. The van der Waals surface area contributed by atoms with Crippen LogP contribution in [0.15, 0.2) is 46.9 Å². The molecular weight excluding hydrogens is 422 g/mol. The maximum atomic E-state index is 12.7. The number of halogens is 3. The molecule has 0 saturated heterocycles. The highest BCUT2D eigenvalue weighted by molar-refractivity contribution is 9.10. The topological polar surface area (TPSA) is 54.6 Å². The monoisotopic (exact) mass is 438 g/mol. The first kappa shape index (κ1) is 19.2. The third kappa shape index (κ3) is 4.39. The Kier molecular flexibility index (Phi) is 5.65. The Balaban J connectivity index is 1.79. The second-order valence-corrected chi connectivity index (χ2v) is 6.86. The fourth-order valence-electron chi connectivity index (χ4n) is 2.77. The zero-order valence-corrected chi connectivity index (χ0v) is 16.2. The van der Waals surface area contributed by atoms with Crippen molar-refractivity contribution in [2.24, 2.45) is 0 Å². The van der Waals surface area contributed by atoms with E-state index in [0.717, 1.165) is 15.4 Å². The van der Waals surface area contributed by atoms with Crippen molar-refractivity contribution in [3.63, 3.8) is 0 Å². The summed E-state index contributed by atoms with van der Waals surface area (Å²) in [7, 11) is 3.01. The zero-order valence-electron chi connectivity index (χ0n) is 14.6. The SMILES string of the molecule is COc1ccc(CN(C)C(=O)c2cc3ccc(Br)cc3[nH]2)cc1OC(F)F. The Morgan fingerprint density at radius 3 is 2.67 bits per heavy atom. The van der Waals surface area contributed by atoms with Crippen LogP contribution in [0.4, 0.5) is 8.78 Å². The highest BCUT2D eigenvalue weighted by Gasteiger charge is 2.17. The van der Waals surface area contributed by atoms with E-state index in [-0.39, 0.29) is 24.0 Å². The molecule has 1 heterocycles. The van der Waals surface area contributed by atoms with E-state index in [4.69, 9.17) is 4.74 Å². The number of aromatic amines is 1. The van der Waals surface area contributed by atoms with Gasteiger partial charge >= 0.3 is 6.61 Å². The first-order valence-electron chi connectivity index (χ1n) is 8.03. The third-order valence-corrected chi connectivity index (χ3v) is 4.52. The number of ether oxygens (including phenoxy) is 2. The van der Waals surface area contributed by atoms with Crippen LogP contribution in [0.2, 0.25) is 0 Å². The van der Waals surface area contributed by atoms with Crippen LogP contribution in [0.5, 0.6) is 11.5 Å². The predicted molar refractivity (Wildman–Crippen MR) is 101 cm³/mol. The number of benzene rings is 2. The molecule has 1 amide bonds. The number of hydrogen-bond acceptors (Lipinski definition) is 3. The molecule has 0 aliphatic heterocycles. The minimum Gasteiger partial charge on any atom is -0.493 e. The molecule has 0 radical (unpaired) electrons. The van der Waals surface area contributed by atoms with Gasteiger partial charge in [0.05, 0.1) is 7.11 Å². The summed E-state index contributed by atoms with van der Waals surface area (Å²) in [6.07, 6.45) is 0. The van der Waals surface area contributed by atoms with Gasteiger partial charge in [0.2, 0.25) is 0 Å². The molecule has 27 heavy (non-hydrogen) atoms. The van der Waals surface area contributed by atoms with Crippen LogP contribution in [0.25, 0.3) is 10.9 Å². The van der Waals surface area contributed by atoms with Crippen LogP contribution < -0.4 is 9.47 Å². The minimum absolute atomic E-state index is 0.0682. The summed E-state index contributed by atoms with van der Waals surface area (Å²) in [5, 5.41) is 0.923. The molecule has 1 aromatic heterocycles. The molecule has 1 N–H and O–H groups in total. The van der Waals surface area contributed by atoms with Gasteiger partial charge in [-0.3, -0.25) is 4.79 Å². The first-order valence-corrected chi connectivity index (χ1v) is 8.82. The molecule has 0 unspecified atom stereocenters. The predicted octanol–water partition coefficient (Wildman–Crippen LogP) is 4.81. The van der Waals surface area contributed by atoms with Crippen molar-refractivity contribution in [3.05, 3.63) is 58.2 Å². The van der Waals surface area contributed by atoms with Crippen molar-refractivity contribution >= 4 is 32.7 Å². The van der Waals surface area contributed by atoms with Crippen molar-refractivity contribution in [1.82, 2.24) is 9.88 Å². The number of carbonyl (C=O) groups is 1. The number of H-pyrrole nitrogens is 1. The Morgan fingerprint density at radius 2 is 1.96 bits per heavy atom. The van der Waals surface area contributed by atoms with Gasteiger partial charge in [0.1, 0.15) is 5.69 Å². The number of rotatable bonds is 6. The van der Waals surface area contributed by atoms with Crippen LogP contribution in [-0.4, -0.2) is 36.6 Å². The van der Waals surface area contributed by atoms with E-state index < -0.39 is 6.61 Å². The average Bonchev–Trinajstić information content (AvgIpc) is 3.03. The van der Waals surface area contributed by atoms with Gasteiger partial charge < -0.3 is 19.4 Å². The molecule has 5 nitrogen and oxygen atoms in total. The molecule has 8 heteroatoms. The van der Waals surface area contributed by atoms with Gasteiger partial charge in [-0.1, -0.05) is 28.1 Å². The quantitative estimate of drug-likeness (QED) is 0.600. The highest BCUT2D eigenvalue weighted by atomic mass is 79.9. The molecule has 2 aromatic carbocycles. The van der Waals surface area contributed by atoms with Gasteiger partial charge in [0.25, 0.3) is 5.91 Å². The molecule has 0 aliphatic rings. The van der Waals surface area contributed by atoms with Gasteiger partial charge in [-0.15, -0.1) is 0 Å². The summed E-state index contributed by atoms with van der Waals surface area (Å²) < 4.78 is 35.5. The van der Waals surface area contributed by atoms with Crippen LogP contribution >= 0.6 is 15.9 Å². The van der Waals surface area contributed by atoms with E-state index >= 15 is 0 Å². The van der Waals surface area contributed by atoms with Gasteiger partial charge in [-0.25, -0.2) is 0 Å². The molecule has 0 aliphatic carbocycles. The van der Waals surface area contributed by atoms with Gasteiger partial charge in [0, 0.05) is 29.0 Å². The Labute approximate surface area is 163 Å². The number of hydrogen-bond donors (Lipinski definition) is 1. The summed E-state index contributed by atoms with van der Waals surface area (Å²) in [4.78, 5) is 17.3. The van der Waals surface area contributed by atoms with E-state index in [1.807, 2.05) is 18.2 Å². The molecule has 0 bridgehead atoms. The number of fused-ring (bicyclic) bond motifs is 1. The fourth-order valence-corrected chi connectivity index (χ4v) is 3.13. The van der Waals surface area contributed by atoms with Crippen molar-refractivity contribution in [3.8, 4) is 11.5 Å². The number of nitrogens with one attached hydrogen (secondary N) is 1. The van der Waals surface area contributed by atoms with Crippen molar-refractivity contribution in [1.29, 1.82) is 0 Å². The van der Waals surface area contributed by atoms with Crippen molar-refractivity contribution in [2.75, 3.05) is 14.2 Å². The van der Waals surface area contributed by atoms with Crippen molar-refractivity contribution in [2.45, 2.75) is 13.2 Å². The summed E-state index contributed by atoms with van der Waals surface area (Å²) >= 11 is 3.40. The van der Waals surface area contributed by atoms with E-state index in [2.05, 4.69) is 25.7 Å². The summed E-state index contributed by atoms with van der Waals surface area (Å²) in [6, 6.07) is 12.1. The minimum atomic E-state index is -2.96. The Morgan fingerprint density at radius 1 is 1.19 bits per heavy atom. The van der Waals surface area contributed by atoms with E-state index in [0.29, 0.717) is 11.3 Å². The summed E-state index contributed by atoms with van der Waals surface area (Å²) in [5.74, 6) is -0.0787. The summed E-state index contributed by atoms with van der Waals surface area (Å²) in [6.45, 7) is -2.74. The van der Waals surface area contributed by atoms with Crippen LogP contribution in [0.3, 0.4) is 0 Å². The maximum absolute atomic E-state index is 12.7. The lowest BCUT2D eigenvalue weighted by molar-refractivity contribution is -0.0512. The first-order chi connectivity index (χ1) is 12.9. The van der Waals surface area contributed by atoms with Gasteiger partial charge in [0.15, 0.2) is 11.5 Å². The lowest BCUT2D eigenvalue weighted by Gasteiger charge is -2.18. The molecule has 142 valence electrons. The summed E-state index contributed by atoms with van der Waals surface area (Å²) in [5.41, 5.74) is 1.93. The fraction of sp³-hybridized carbons (Fsp3) is 0.211. The smallest absolute Gasteiger partial charge is 0.387 e. The largest absolute Gasteiger partial charge is 0.493 e. The second kappa shape index (κ2) is 7.96. The number of carbonyl (C=O) groups excluding carboxylic acids is 1. The number of nitrogens with zero attached hydrogens (tertiary/aromatic N) is 1. The zero-order chi connectivity index (χ0) is 19.6. The van der Waals surface area contributed by atoms with Crippen LogP contribution in [-0.2, 0) is 6.54 Å². The highest BCUT2D eigenvalue weighted by Crippen LogP contribution is 2.30. The van der Waals surface area contributed by atoms with E-state index in [1.54, 1.807) is 19.2 Å². The third-order valence-electron chi connectivity index (χ3n) is 4.03. The van der Waals surface area contributed by atoms with E-state index in [1.165, 1.54) is 24.1 Å². The standard InChI is InChI=1S/C19H17BrF2N2O3/c1-24(10-11-3-6-16(26-2)17(7-11)27-19(21)22)18(25)15-8-12-4-5-13(20)9-14(12)23-15/h3-9,19,23H,10H2,1-2H3. The number of aromatic nitrogens is 1. The van der Waals surface area contributed by atoms with Gasteiger partial charge in [-0.2, -0.15) is 8.78 Å². The Hall–Kier alpha value is -2.61. The molecule has 0 atom stereocenters. The lowest BCUT2D eigenvalue weighted by Crippen LogP contribution is -2.26. The van der Waals surface area contributed by atoms with E-state index in [9.17, 15) is 13.6 Å². The number of alkyl halides is 2. The molecule has 0 fully saturated rings. The van der Waals surface area contributed by atoms with Crippen LogP contribution in [0.1, 0.15) is 16.1 Å². The van der Waals surface area contributed by atoms with Crippen molar-refractivity contribution < 1.29 is 23.0 Å². The molecular formula is C19H17BrF2N2O3. The maximum Gasteiger partial charge on any atom is 0.387 e. The number of amides is 1. The second-order valence-electron chi connectivity index (χ2n) is 5.94.